The molecule has 12 heteroatoms. The Morgan fingerprint density at radius 2 is 1.97 bits per heavy atom. The molecule has 0 aliphatic heterocycles. The average molecular weight is 545 g/mol. The van der Waals surface area contributed by atoms with Crippen molar-refractivity contribution in [3.05, 3.63) is 59.2 Å². The molecule has 36 heavy (non-hydrogen) atoms. The summed E-state index contributed by atoms with van der Waals surface area (Å²) in [5, 5.41) is 2.77. The number of nitrogens with two attached hydrogens (primary N) is 1. The maximum Gasteiger partial charge on any atom is 0.387 e. The van der Waals surface area contributed by atoms with E-state index in [4.69, 9.17) is 14.9 Å². The van der Waals surface area contributed by atoms with Crippen molar-refractivity contribution < 1.29 is 27.5 Å². The Balaban J connectivity index is 0.00000228. The van der Waals surface area contributed by atoms with E-state index in [1.165, 1.54) is 18.2 Å². The molecule has 1 fully saturated rings. The van der Waals surface area contributed by atoms with E-state index in [1.807, 2.05) is 19.1 Å². The van der Waals surface area contributed by atoms with Crippen LogP contribution in [0.25, 0.3) is 11.5 Å². The van der Waals surface area contributed by atoms with E-state index in [0.717, 1.165) is 18.4 Å². The van der Waals surface area contributed by atoms with E-state index in [2.05, 4.69) is 20.0 Å². The Kier molecular flexibility index (Phi) is 10.4. The molecule has 8 nitrogen and oxygen atoms in total. The van der Waals surface area contributed by atoms with Crippen LogP contribution >= 0.6 is 24.8 Å². The molecule has 1 atom stereocenters. The molecule has 2 aromatic heterocycles. The SMILES string of the molecule is Cc1ccc(CNC(=O)c2nc(-c3ccc(OC(F)F)c(OCC4CC4)c3)oc2C(C)N)nc1.Cl.Cl. The second kappa shape index (κ2) is 12.8. The van der Waals surface area contributed by atoms with Crippen LogP contribution in [-0.2, 0) is 6.54 Å². The standard InChI is InChI=1S/C24H26F2N4O4.2ClH/c1-13-3-7-17(28-10-13)11-29-22(31)20-21(14(2)27)34-23(30-20)16-6-8-18(33-24(25)26)19(9-16)32-12-15-4-5-15;;/h3,6-10,14-15,24H,4-5,11-12,27H2,1-2H3,(H,29,31);2*1H. The Labute approximate surface area is 219 Å². The molecule has 0 saturated heterocycles. The van der Waals surface area contributed by atoms with Gasteiger partial charge in [0.25, 0.3) is 5.91 Å². The Morgan fingerprint density at radius 1 is 1.22 bits per heavy atom. The lowest BCUT2D eigenvalue weighted by Gasteiger charge is -2.12. The first-order valence-electron chi connectivity index (χ1n) is 11.0. The molecule has 2 heterocycles. The minimum Gasteiger partial charge on any atom is -0.489 e. The third kappa shape index (κ3) is 7.52. The number of oxazole rings is 1. The molecule has 0 bridgehead atoms. The lowest BCUT2D eigenvalue weighted by Crippen LogP contribution is -2.25. The van der Waals surface area contributed by atoms with Gasteiger partial charge in [0.05, 0.1) is 24.9 Å². The molecule has 3 N–H and O–H groups in total. The molecule has 1 aliphatic carbocycles. The number of alkyl halides is 2. The first-order valence-corrected chi connectivity index (χ1v) is 11.0. The summed E-state index contributed by atoms with van der Waals surface area (Å²) >= 11 is 0. The number of hydrogen-bond acceptors (Lipinski definition) is 7. The number of carbonyl (C=O) groups excluding carboxylic acids is 1. The largest absolute Gasteiger partial charge is 0.489 e. The quantitative estimate of drug-likeness (QED) is 0.359. The zero-order valence-electron chi connectivity index (χ0n) is 19.7. The van der Waals surface area contributed by atoms with Gasteiger partial charge in [0.1, 0.15) is 0 Å². The molecule has 3 aromatic rings. The van der Waals surface area contributed by atoms with Crippen LogP contribution in [-0.4, -0.2) is 29.1 Å². The van der Waals surface area contributed by atoms with Crippen LogP contribution in [0.15, 0.2) is 40.9 Å². The number of benzene rings is 1. The van der Waals surface area contributed by atoms with Gasteiger partial charge < -0.3 is 24.9 Å². The molecule has 4 rings (SSSR count). The number of nitrogens with zero attached hydrogens (tertiary/aromatic N) is 2. The first-order chi connectivity index (χ1) is 16.3. The fourth-order valence-corrected chi connectivity index (χ4v) is 3.22. The zero-order valence-corrected chi connectivity index (χ0v) is 21.3. The summed E-state index contributed by atoms with van der Waals surface area (Å²) in [5.41, 5.74) is 8.20. The summed E-state index contributed by atoms with van der Waals surface area (Å²) < 4.78 is 41.7. The predicted octanol–water partition coefficient (Wildman–Crippen LogP) is 5.23. The average Bonchev–Trinajstić information content (AvgIpc) is 3.52. The number of hydrogen-bond donors (Lipinski definition) is 2. The minimum absolute atomic E-state index is 0. The van der Waals surface area contributed by atoms with Crippen LogP contribution in [0.3, 0.4) is 0 Å². The molecule has 196 valence electrons. The second-order valence-electron chi connectivity index (χ2n) is 8.32. The fraction of sp³-hybridized carbons (Fsp3) is 0.375. The van der Waals surface area contributed by atoms with Crippen LogP contribution in [0.4, 0.5) is 8.78 Å². The summed E-state index contributed by atoms with van der Waals surface area (Å²) in [4.78, 5) is 21.4. The van der Waals surface area contributed by atoms with E-state index in [-0.39, 0.29) is 60.2 Å². The van der Waals surface area contributed by atoms with Gasteiger partial charge in [-0.1, -0.05) is 6.07 Å². The van der Waals surface area contributed by atoms with Crippen molar-refractivity contribution in [3.63, 3.8) is 0 Å². The number of rotatable bonds is 10. The molecule has 1 saturated carbocycles. The van der Waals surface area contributed by atoms with Crippen molar-refractivity contribution >= 4 is 30.7 Å². The van der Waals surface area contributed by atoms with Gasteiger partial charge in [-0.15, -0.1) is 24.8 Å². The zero-order chi connectivity index (χ0) is 24.2. The molecule has 1 aromatic carbocycles. The number of amides is 1. The Morgan fingerprint density at radius 3 is 2.58 bits per heavy atom. The highest BCUT2D eigenvalue weighted by Crippen LogP contribution is 2.37. The molecular formula is C24H28Cl2F2N4O4. The lowest BCUT2D eigenvalue weighted by atomic mass is 10.2. The molecule has 1 amide bonds. The van der Waals surface area contributed by atoms with Gasteiger partial charge in [0.15, 0.2) is 23.0 Å². The van der Waals surface area contributed by atoms with Gasteiger partial charge in [0, 0.05) is 11.8 Å². The lowest BCUT2D eigenvalue weighted by molar-refractivity contribution is -0.0515. The number of nitrogens with one attached hydrogen (secondary N) is 1. The van der Waals surface area contributed by atoms with Crippen LogP contribution in [0.2, 0.25) is 0 Å². The van der Waals surface area contributed by atoms with Gasteiger partial charge in [-0.25, -0.2) is 4.98 Å². The fourth-order valence-electron chi connectivity index (χ4n) is 3.22. The highest BCUT2D eigenvalue weighted by Gasteiger charge is 2.26. The molecule has 0 radical (unpaired) electrons. The van der Waals surface area contributed by atoms with Crippen LogP contribution in [0.1, 0.15) is 53.3 Å². The highest BCUT2D eigenvalue weighted by atomic mass is 35.5. The maximum atomic E-state index is 12.8. The van der Waals surface area contributed by atoms with Crippen molar-refractivity contribution in [2.75, 3.05) is 6.61 Å². The van der Waals surface area contributed by atoms with Crippen molar-refractivity contribution in [2.45, 2.75) is 45.9 Å². The number of pyridine rings is 1. The number of halogens is 4. The van der Waals surface area contributed by atoms with Crippen molar-refractivity contribution in [2.24, 2.45) is 11.7 Å². The van der Waals surface area contributed by atoms with Crippen LogP contribution < -0.4 is 20.5 Å². The second-order valence-corrected chi connectivity index (χ2v) is 8.32. The monoisotopic (exact) mass is 544 g/mol. The highest BCUT2D eigenvalue weighted by molar-refractivity contribution is 5.93. The maximum absolute atomic E-state index is 12.8. The van der Waals surface area contributed by atoms with Gasteiger partial charge in [-0.05, 0) is 62.4 Å². The summed E-state index contributed by atoms with van der Waals surface area (Å²) in [6.45, 7) is 1.22. The number of ether oxygens (including phenoxy) is 2. The molecule has 1 aliphatic rings. The Hall–Kier alpha value is -2.95. The normalized spacial score (nSPS) is 13.4. The summed E-state index contributed by atoms with van der Waals surface area (Å²) in [6, 6.07) is 7.50. The molecule has 0 spiro atoms. The van der Waals surface area contributed by atoms with Crippen molar-refractivity contribution in [1.82, 2.24) is 15.3 Å². The minimum atomic E-state index is -2.99. The summed E-state index contributed by atoms with van der Waals surface area (Å²) in [5.74, 6) is 0.340. The number of aryl methyl sites for hydroxylation is 1. The van der Waals surface area contributed by atoms with Crippen molar-refractivity contribution in [3.8, 4) is 23.0 Å². The van der Waals surface area contributed by atoms with Gasteiger partial charge in [-0.2, -0.15) is 8.78 Å². The van der Waals surface area contributed by atoms with E-state index in [0.29, 0.717) is 23.8 Å². The van der Waals surface area contributed by atoms with E-state index < -0.39 is 18.6 Å². The third-order valence-corrected chi connectivity index (χ3v) is 5.26. The smallest absolute Gasteiger partial charge is 0.387 e. The van der Waals surface area contributed by atoms with E-state index in [1.54, 1.807) is 13.1 Å². The number of aromatic nitrogens is 2. The van der Waals surface area contributed by atoms with Gasteiger partial charge >= 0.3 is 6.61 Å². The Bertz CT molecular complexity index is 1160. The van der Waals surface area contributed by atoms with Gasteiger partial charge in [-0.3, -0.25) is 9.78 Å². The molecule has 1 unspecified atom stereocenters. The first kappa shape index (κ1) is 29.3. The predicted molar refractivity (Wildman–Crippen MR) is 134 cm³/mol. The van der Waals surface area contributed by atoms with Crippen LogP contribution in [0.5, 0.6) is 11.5 Å². The summed E-state index contributed by atoms with van der Waals surface area (Å²) in [7, 11) is 0. The summed E-state index contributed by atoms with van der Waals surface area (Å²) in [6.07, 6.45) is 3.80. The number of carbonyl (C=O) groups is 1. The van der Waals surface area contributed by atoms with Gasteiger partial charge in [0.2, 0.25) is 5.89 Å². The topological polar surface area (TPSA) is 112 Å². The van der Waals surface area contributed by atoms with Crippen LogP contribution in [0, 0.1) is 12.8 Å². The van der Waals surface area contributed by atoms with Crippen molar-refractivity contribution in [1.29, 1.82) is 0 Å². The molecular weight excluding hydrogens is 517 g/mol. The van der Waals surface area contributed by atoms with E-state index in [9.17, 15) is 13.6 Å². The van der Waals surface area contributed by atoms with E-state index >= 15 is 0 Å². The third-order valence-electron chi connectivity index (χ3n) is 5.26.